The van der Waals surface area contributed by atoms with E-state index in [0.29, 0.717) is 12.4 Å². The van der Waals surface area contributed by atoms with Gasteiger partial charge >= 0.3 is 0 Å². The zero-order valence-electron chi connectivity index (χ0n) is 16.8. The maximum atomic E-state index is 13.4. The van der Waals surface area contributed by atoms with Crippen LogP contribution < -0.4 is 4.74 Å². The molecular formula is C24H29FN2O2. The number of carbonyl (C=O) groups excluding carboxylic acids is 1. The molecular weight excluding hydrogens is 367 g/mol. The molecule has 0 saturated carbocycles. The van der Waals surface area contributed by atoms with Crippen molar-refractivity contribution in [3.8, 4) is 5.75 Å². The first-order valence-corrected chi connectivity index (χ1v) is 10.6. The molecule has 1 amide bonds. The van der Waals surface area contributed by atoms with Crippen LogP contribution in [0.2, 0.25) is 0 Å². The number of amides is 1. The molecule has 2 fully saturated rings. The molecule has 2 atom stereocenters. The van der Waals surface area contributed by atoms with Crippen molar-refractivity contribution in [2.24, 2.45) is 11.8 Å². The van der Waals surface area contributed by atoms with Crippen LogP contribution in [0.4, 0.5) is 4.39 Å². The highest BCUT2D eigenvalue weighted by atomic mass is 19.1. The van der Waals surface area contributed by atoms with E-state index in [9.17, 15) is 9.18 Å². The first kappa shape index (κ1) is 19.9. The fourth-order valence-corrected chi connectivity index (χ4v) is 4.54. The van der Waals surface area contributed by atoms with Crippen LogP contribution >= 0.6 is 0 Å². The molecule has 154 valence electrons. The molecule has 5 heteroatoms. The van der Waals surface area contributed by atoms with Gasteiger partial charge in [0.1, 0.15) is 11.6 Å². The minimum Gasteiger partial charge on any atom is -0.493 e. The molecule has 0 aliphatic carbocycles. The number of hydrogen-bond acceptors (Lipinski definition) is 3. The SMILES string of the molecule is O=C([C@@H]1C[C@H](COc2cccc(F)c2)CN(Cc2ccccc2)C1)N1CCCC1. The van der Waals surface area contributed by atoms with Crippen molar-refractivity contribution in [3.05, 3.63) is 66.0 Å². The summed E-state index contributed by atoms with van der Waals surface area (Å²) < 4.78 is 19.3. The van der Waals surface area contributed by atoms with Crippen LogP contribution in [0.25, 0.3) is 0 Å². The number of carbonyl (C=O) groups is 1. The summed E-state index contributed by atoms with van der Waals surface area (Å²) in [5.74, 6) is 0.793. The van der Waals surface area contributed by atoms with E-state index in [1.54, 1.807) is 12.1 Å². The highest BCUT2D eigenvalue weighted by molar-refractivity contribution is 5.79. The van der Waals surface area contributed by atoms with Crippen molar-refractivity contribution >= 4 is 5.91 Å². The Morgan fingerprint density at radius 3 is 2.59 bits per heavy atom. The summed E-state index contributed by atoms with van der Waals surface area (Å²) in [6, 6.07) is 16.7. The fraction of sp³-hybridized carbons (Fsp3) is 0.458. The van der Waals surface area contributed by atoms with Gasteiger partial charge in [-0.3, -0.25) is 9.69 Å². The lowest BCUT2D eigenvalue weighted by Crippen LogP contribution is -2.47. The van der Waals surface area contributed by atoms with Gasteiger partial charge in [0, 0.05) is 44.7 Å². The van der Waals surface area contributed by atoms with E-state index in [0.717, 1.165) is 52.0 Å². The van der Waals surface area contributed by atoms with Crippen LogP contribution in [0.5, 0.6) is 5.75 Å². The summed E-state index contributed by atoms with van der Waals surface area (Å²) in [6.45, 7) is 4.78. The Morgan fingerprint density at radius 1 is 1.03 bits per heavy atom. The van der Waals surface area contributed by atoms with E-state index >= 15 is 0 Å². The van der Waals surface area contributed by atoms with Crippen LogP contribution in [-0.4, -0.2) is 48.5 Å². The minimum atomic E-state index is -0.293. The maximum Gasteiger partial charge on any atom is 0.226 e. The predicted octanol–water partition coefficient (Wildman–Crippen LogP) is 3.97. The normalized spacial score (nSPS) is 22.6. The number of nitrogens with zero attached hydrogens (tertiary/aromatic N) is 2. The van der Waals surface area contributed by atoms with Crippen molar-refractivity contribution in [3.63, 3.8) is 0 Å². The van der Waals surface area contributed by atoms with Gasteiger partial charge in [-0.25, -0.2) is 4.39 Å². The lowest BCUT2D eigenvalue weighted by atomic mass is 9.88. The molecule has 2 aromatic rings. The fourth-order valence-electron chi connectivity index (χ4n) is 4.54. The quantitative estimate of drug-likeness (QED) is 0.741. The van der Waals surface area contributed by atoms with Gasteiger partial charge in [-0.05, 0) is 37.0 Å². The van der Waals surface area contributed by atoms with Crippen LogP contribution in [-0.2, 0) is 11.3 Å². The summed E-state index contributed by atoms with van der Waals surface area (Å²) in [4.78, 5) is 17.5. The summed E-state index contributed by atoms with van der Waals surface area (Å²) in [5.41, 5.74) is 1.26. The van der Waals surface area contributed by atoms with E-state index in [2.05, 4.69) is 29.2 Å². The first-order chi connectivity index (χ1) is 14.2. The summed E-state index contributed by atoms with van der Waals surface area (Å²) in [6.07, 6.45) is 3.05. The van der Waals surface area contributed by atoms with Crippen LogP contribution in [0.3, 0.4) is 0 Å². The second-order valence-corrected chi connectivity index (χ2v) is 8.28. The molecule has 2 aliphatic rings. The Morgan fingerprint density at radius 2 is 1.83 bits per heavy atom. The highest BCUT2D eigenvalue weighted by Gasteiger charge is 2.35. The topological polar surface area (TPSA) is 32.8 Å². The van der Waals surface area contributed by atoms with Crippen molar-refractivity contribution in [2.75, 3.05) is 32.8 Å². The maximum absolute atomic E-state index is 13.4. The number of hydrogen-bond donors (Lipinski definition) is 0. The van der Waals surface area contributed by atoms with E-state index in [1.165, 1.54) is 17.7 Å². The Kier molecular flexibility index (Phi) is 6.45. The van der Waals surface area contributed by atoms with Gasteiger partial charge in [0.05, 0.1) is 12.5 Å². The van der Waals surface area contributed by atoms with Gasteiger partial charge in [-0.15, -0.1) is 0 Å². The van der Waals surface area contributed by atoms with Crippen molar-refractivity contribution in [1.82, 2.24) is 9.80 Å². The zero-order chi connectivity index (χ0) is 20.1. The molecule has 4 rings (SSSR count). The predicted molar refractivity (Wildman–Crippen MR) is 111 cm³/mol. The van der Waals surface area contributed by atoms with Crippen LogP contribution in [0.15, 0.2) is 54.6 Å². The lowest BCUT2D eigenvalue weighted by Gasteiger charge is -2.38. The van der Waals surface area contributed by atoms with Gasteiger partial charge in [-0.1, -0.05) is 36.4 Å². The molecule has 2 heterocycles. The molecule has 2 saturated heterocycles. The lowest BCUT2D eigenvalue weighted by molar-refractivity contribution is -0.137. The molecule has 29 heavy (non-hydrogen) atoms. The largest absolute Gasteiger partial charge is 0.493 e. The van der Waals surface area contributed by atoms with Crippen LogP contribution in [0.1, 0.15) is 24.8 Å². The average molecular weight is 397 g/mol. The molecule has 2 aliphatic heterocycles. The second-order valence-electron chi connectivity index (χ2n) is 8.28. The number of benzene rings is 2. The summed E-state index contributed by atoms with van der Waals surface area (Å²) in [7, 11) is 0. The van der Waals surface area contributed by atoms with E-state index in [1.807, 2.05) is 11.0 Å². The minimum absolute atomic E-state index is 0.00618. The van der Waals surface area contributed by atoms with Gasteiger partial charge in [-0.2, -0.15) is 0 Å². The smallest absolute Gasteiger partial charge is 0.226 e. The third kappa shape index (κ3) is 5.36. The Hall–Kier alpha value is -2.40. The molecule has 0 unspecified atom stereocenters. The standard InChI is InChI=1S/C24H29FN2O2/c25-22-9-6-10-23(14-22)29-18-20-13-21(24(28)27-11-4-5-12-27)17-26(16-20)15-19-7-2-1-3-8-19/h1-3,6-10,14,20-21H,4-5,11-13,15-18H2/t20-,21+/m0/s1. The molecule has 0 radical (unpaired) electrons. The van der Waals surface area contributed by atoms with Crippen LogP contribution in [0, 0.1) is 17.7 Å². The highest BCUT2D eigenvalue weighted by Crippen LogP contribution is 2.27. The molecule has 2 aromatic carbocycles. The van der Waals surface area contributed by atoms with Crippen molar-refractivity contribution in [2.45, 2.75) is 25.8 Å². The van der Waals surface area contributed by atoms with Gasteiger partial charge < -0.3 is 9.64 Å². The molecule has 4 nitrogen and oxygen atoms in total. The third-order valence-corrected chi connectivity index (χ3v) is 5.91. The Bertz CT molecular complexity index is 808. The number of likely N-dealkylation sites (tertiary alicyclic amines) is 2. The van der Waals surface area contributed by atoms with E-state index < -0.39 is 0 Å². The van der Waals surface area contributed by atoms with Gasteiger partial charge in [0.15, 0.2) is 0 Å². The Balaban J connectivity index is 1.43. The van der Waals surface area contributed by atoms with Gasteiger partial charge in [0.2, 0.25) is 5.91 Å². The molecule has 0 bridgehead atoms. The zero-order valence-corrected chi connectivity index (χ0v) is 16.8. The summed E-state index contributed by atoms with van der Waals surface area (Å²) in [5, 5.41) is 0. The third-order valence-electron chi connectivity index (χ3n) is 5.91. The molecule has 0 spiro atoms. The molecule has 0 aromatic heterocycles. The number of rotatable bonds is 6. The Labute approximate surface area is 172 Å². The van der Waals surface area contributed by atoms with E-state index in [-0.39, 0.29) is 23.6 Å². The average Bonchev–Trinajstić information content (AvgIpc) is 3.27. The summed E-state index contributed by atoms with van der Waals surface area (Å²) >= 11 is 0. The van der Waals surface area contributed by atoms with E-state index in [4.69, 9.17) is 4.74 Å². The number of halogens is 1. The number of ether oxygens (including phenoxy) is 1. The monoisotopic (exact) mass is 396 g/mol. The number of piperidine rings is 1. The molecule has 0 N–H and O–H groups in total. The second kappa shape index (κ2) is 9.40. The first-order valence-electron chi connectivity index (χ1n) is 10.6. The van der Waals surface area contributed by atoms with Crippen molar-refractivity contribution in [1.29, 1.82) is 0 Å². The van der Waals surface area contributed by atoms with Gasteiger partial charge in [0.25, 0.3) is 0 Å². The van der Waals surface area contributed by atoms with Crippen molar-refractivity contribution < 1.29 is 13.9 Å².